The van der Waals surface area contributed by atoms with Gasteiger partial charge in [-0.3, -0.25) is 4.98 Å². The second-order valence-electron chi connectivity index (χ2n) is 5.69. The van der Waals surface area contributed by atoms with E-state index in [0.29, 0.717) is 0 Å². The lowest BCUT2D eigenvalue weighted by Crippen LogP contribution is -2.38. The Morgan fingerprint density at radius 3 is 2.80 bits per heavy atom. The fourth-order valence-corrected chi connectivity index (χ4v) is 3.49. The summed E-state index contributed by atoms with van der Waals surface area (Å²) < 4.78 is 13.7. The fraction of sp³-hybridized carbons (Fsp3) is 0.312. The molecule has 0 saturated heterocycles. The molecule has 0 atom stereocenters. The van der Waals surface area contributed by atoms with E-state index in [4.69, 9.17) is 11.6 Å². The first kappa shape index (κ1) is 12.2. The number of nitrogens with zero attached hydrogens (tertiary/aromatic N) is 2. The average Bonchev–Trinajstić information content (AvgIpc) is 2.77. The average molecular weight is 289 g/mol. The molecule has 1 saturated carbocycles. The summed E-state index contributed by atoms with van der Waals surface area (Å²) in [5, 5.41) is 0.165. The zero-order valence-electron chi connectivity index (χ0n) is 10.9. The van der Waals surface area contributed by atoms with Gasteiger partial charge in [-0.1, -0.05) is 18.0 Å². The summed E-state index contributed by atoms with van der Waals surface area (Å²) in [6.45, 7) is 0.889. The maximum Gasteiger partial charge on any atom is 0.143 e. The third-order valence-electron chi connectivity index (χ3n) is 4.57. The Kier molecular flexibility index (Phi) is 2.55. The van der Waals surface area contributed by atoms with Crippen LogP contribution in [0.2, 0.25) is 5.02 Å². The Hall–Kier alpha value is -1.61. The first-order valence-corrected chi connectivity index (χ1v) is 7.26. The van der Waals surface area contributed by atoms with E-state index in [1.165, 1.54) is 31.0 Å². The van der Waals surface area contributed by atoms with Gasteiger partial charge in [0.2, 0.25) is 0 Å². The molecule has 2 aromatic rings. The Labute approximate surface area is 122 Å². The Morgan fingerprint density at radius 2 is 2.10 bits per heavy atom. The molecule has 1 aromatic carbocycles. The summed E-state index contributed by atoms with van der Waals surface area (Å²) in [6, 6.07) is 9.02. The minimum absolute atomic E-state index is 0.165. The van der Waals surface area contributed by atoms with Crippen LogP contribution in [0.25, 0.3) is 0 Å². The Balaban J connectivity index is 1.82. The summed E-state index contributed by atoms with van der Waals surface area (Å²) in [5.74, 6) is -0.371. The van der Waals surface area contributed by atoms with E-state index in [2.05, 4.69) is 16.0 Å². The maximum atomic E-state index is 13.7. The Bertz CT molecular complexity index is 682. The molecule has 0 bridgehead atoms. The first-order valence-electron chi connectivity index (χ1n) is 6.88. The molecule has 0 amide bonds. The lowest BCUT2D eigenvalue weighted by Gasteiger charge is -2.38. The molecule has 1 aromatic heterocycles. The van der Waals surface area contributed by atoms with Gasteiger partial charge in [-0.2, -0.15) is 0 Å². The molecule has 2 aliphatic rings. The van der Waals surface area contributed by atoms with Crippen molar-refractivity contribution in [2.75, 3.05) is 11.4 Å². The topological polar surface area (TPSA) is 16.1 Å². The van der Waals surface area contributed by atoms with Crippen molar-refractivity contribution in [3.63, 3.8) is 0 Å². The van der Waals surface area contributed by atoms with Crippen LogP contribution in [0.4, 0.5) is 15.8 Å². The number of aromatic nitrogens is 1. The number of benzene rings is 1. The molecule has 0 unspecified atom stereocenters. The van der Waals surface area contributed by atoms with Crippen LogP contribution in [-0.2, 0) is 5.41 Å². The van der Waals surface area contributed by atoms with Gasteiger partial charge in [0.05, 0.1) is 16.4 Å². The van der Waals surface area contributed by atoms with Gasteiger partial charge in [0.25, 0.3) is 0 Å². The van der Waals surface area contributed by atoms with Gasteiger partial charge in [-0.15, -0.1) is 0 Å². The molecule has 1 aliphatic carbocycles. The molecule has 20 heavy (non-hydrogen) atoms. The molecular weight excluding hydrogens is 275 g/mol. The van der Waals surface area contributed by atoms with E-state index >= 15 is 0 Å². The molecule has 4 heteroatoms. The van der Waals surface area contributed by atoms with Crippen molar-refractivity contribution >= 4 is 23.0 Å². The van der Waals surface area contributed by atoms with Crippen molar-refractivity contribution in [3.8, 4) is 0 Å². The third kappa shape index (κ3) is 1.59. The number of anilines is 2. The monoisotopic (exact) mass is 288 g/mol. The lowest BCUT2D eigenvalue weighted by molar-refractivity contribution is 0.260. The lowest BCUT2D eigenvalue weighted by atomic mass is 9.67. The number of hydrogen-bond acceptors (Lipinski definition) is 2. The number of hydrogen-bond donors (Lipinski definition) is 0. The smallest absolute Gasteiger partial charge is 0.143 e. The highest BCUT2D eigenvalue weighted by molar-refractivity contribution is 6.30. The molecule has 1 fully saturated rings. The minimum Gasteiger partial charge on any atom is -0.339 e. The van der Waals surface area contributed by atoms with Crippen LogP contribution in [0.3, 0.4) is 0 Å². The van der Waals surface area contributed by atoms with Crippen molar-refractivity contribution in [2.45, 2.75) is 24.7 Å². The Morgan fingerprint density at radius 1 is 1.25 bits per heavy atom. The summed E-state index contributed by atoms with van der Waals surface area (Å²) in [4.78, 5) is 6.76. The van der Waals surface area contributed by atoms with Gasteiger partial charge >= 0.3 is 0 Å². The van der Waals surface area contributed by atoms with Gasteiger partial charge in [0, 0.05) is 23.8 Å². The second kappa shape index (κ2) is 4.19. The van der Waals surface area contributed by atoms with E-state index in [1.807, 2.05) is 18.3 Å². The van der Waals surface area contributed by atoms with Crippen molar-refractivity contribution in [1.82, 2.24) is 4.98 Å². The van der Waals surface area contributed by atoms with E-state index in [-0.39, 0.29) is 16.3 Å². The number of pyridine rings is 1. The third-order valence-corrected chi connectivity index (χ3v) is 4.87. The predicted molar refractivity (Wildman–Crippen MR) is 78.2 cm³/mol. The van der Waals surface area contributed by atoms with Crippen molar-refractivity contribution in [2.24, 2.45) is 0 Å². The molecular formula is C16H14ClFN2. The molecule has 2 heterocycles. The van der Waals surface area contributed by atoms with E-state index < -0.39 is 0 Å². The summed E-state index contributed by atoms with van der Waals surface area (Å²) in [6.07, 6.45) is 5.44. The van der Waals surface area contributed by atoms with Gasteiger partial charge in [-0.25, -0.2) is 4.39 Å². The SMILES string of the molecule is Fc1cc(N2CC3(CCC3)c3ncccc32)ccc1Cl. The van der Waals surface area contributed by atoms with Crippen molar-refractivity contribution < 1.29 is 4.39 Å². The predicted octanol–water partition coefficient (Wildman–Crippen LogP) is 4.45. The molecule has 1 aliphatic heterocycles. The van der Waals surface area contributed by atoms with Crippen LogP contribution in [0, 0.1) is 5.82 Å². The minimum atomic E-state index is -0.371. The van der Waals surface area contributed by atoms with Crippen LogP contribution in [0.15, 0.2) is 36.5 Å². The zero-order valence-corrected chi connectivity index (χ0v) is 11.7. The summed E-state index contributed by atoms with van der Waals surface area (Å²) in [7, 11) is 0. The van der Waals surface area contributed by atoms with Gasteiger partial charge in [0.15, 0.2) is 0 Å². The quantitative estimate of drug-likeness (QED) is 0.771. The molecule has 102 valence electrons. The standard InChI is InChI=1S/C16H14ClFN2/c17-12-5-4-11(9-13(12)18)20-10-16(6-2-7-16)15-14(20)3-1-8-19-15/h1,3-5,8-9H,2,6-7,10H2. The van der Waals surface area contributed by atoms with Crippen LogP contribution in [0.5, 0.6) is 0 Å². The van der Waals surface area contributed by atoms with E-state index in [1.54, 1.807) is 6.07 Å². The second-order valence-corrected chi connectivity index (χ2v) is 6.10. The molecule has 4 rings (SSSR count). The number of halogens is 2. The summed E-state index contributed by atoms with van der Waals surface area (Å²) >= 11 is 5.78. The molecule has 2 nitrogen and oxygen atoms in total. The number of rotatable bonds is 1. The van der Waals surface area contributed by atoms with Crippen LogP contribution in [-0.4, -0.2) is 11.5 Å². The molecule has 0 N–H and O–H groups in total. The maximum absolute atomic E-state index is 13.7. The normalized spacial score (nSPS) is 19.0. The highest BCUT2D eigenvalue weighted by Crippen LogP contribution is 2.53. The van der Waals surface area contributed by atoms with Gasteiger partial charge < -0.3 is 4.90 Å². The molecule has 0 radical (unpaired) electrons. The van der Waals surface area contributed by atoms with E-state index in [9.17, 15) is 4.39 Å². The largest absolute Gasteiger partial charge is 0.339 e. The highest BCUT2D eigenvalue weighted by Gasteiger charge is 2.48. The van der Waals surface area contributed by atoms with Crippen LogP contribution >= 0.6 is 11.6 Å². The van der Waals surface area contributed by atoms with Gasteiger partial charge in [0.1, 0.15) is 5.82 Å². The fourth-order valence-electron chi connectivity index (χ4n) is 3.37. The van der Waals surface area contributed by atoms with Crippen LogP contribution < -0.4 is 4.90 Å². The van der Waals surface area contributed by atoms with Gasteiger partial charge in [-0.05, 0) is 43.2 Å². The van der Waals surface area contributed by atoms with Crippen LogP contribution in [0.1, 0.15) is 25.0 Å². The first-order chi connectivity index (χ1) is 9.70. The van der Waals surface area contributed by atoms with Crippen molar-refractivity contribution in [3.05, 3.63) is 53.1 Å². The van der Waals surface area contributed by atoms with E-state index in [0.717, 1.165) is 17.9 Å². The molecule has 1 spiro atoms. The number of fused-ring (bicyclic) bond motifs is 2. The highest BCUT2D eigenvalue weighted by atomic mass is 35.5. The van der Waals surface area contributed by atoms with Crippen molar-refractivity contribution in [1.29, 1.82) is 0 Å². The zero-order chi connectivity index (χ0) is 13.7. The summed E-state index contributed by atoms with van der Waals surface area (Å²) in [5.41, 5.74) is 3.30.